The number of likely N-dealkylation sites (tertiary alicyclic amines) is 1. The molecule has 2 rings (SSSR count). The number of anilines is 1. The van der Waals surface area contributed by atoms with Crippen molar-refractivity contribution in [2.45, 2.75) is 52.5 Å². The molecule has 0 aliphatic carbocycles. The second-order valence-electron chi connectivity index (χ2n) is 5.98. The lowest BCUT2D eigenvalue weighted by Crippen LogP contribution is -2.33. The maximum atomic E-state index is 4.38. The van der Waals surface area contributed by atoms with Crippen LogP contribution in [0.4, 0.5) is 5.82 Å². The molecule has 1 N–H and O–H groups in total. The Labute approximate surface area is 123 Å². The third kappa shape index (κ3) is 4.78. The number of nitrogens with zero attached hydrogens (tertiary/aromatic N) is 2. The van der Waals surface area contributed by atoms with Gasteiger partial charge in [-0.3, -0.25) is 4.90 Å². The van der Waals surface area contributed by atoms with Crippen LogP contribution in [0.1, 0.15) is 51.5 Å². The van der Waals surface area contributed by atoms with E-state index in [9.17, 15) is 0 Å². The zero-order valence-electron chi connectivity index (χ0n) is 13.1. The topological polar surface area (TPSA) is 28.2 Å². The molecule has 3 heteroatoms. The Morgan fingerprint density at radius 1 is 1.25 bits per heavy atom. The number of hydrogen-bond acceptors (Lipinski definition) is 3. The average molecular weight is 275 g/mol. The van der Waals surface area contributed by atoms with Crippen LogP contribution < -0.4 is 5.32 Å². The Morgan fingerprint density at radius 2 is 2.05 bits per heavy atom. The van der Waals surface area contributed by atoms with Gasteiger partial charge in [0, 0.05) is 19.3 Å². The van der Waals surface area contributed by atoms with E-state index in [1.165, 1.54) is 44.3 Å². The second kappa shape index (κ2) is 8.25. The van der Waals surface area contributed by atoms with Crippen LogP contribution in [0.3, 0.4) is 0 Å². The third-order valence-electron chi connectivity index (χ3n) is 4.19. The van der Waals surface area contributed by atoms with Gasteiger partial charge in [-0.05, 0) is 56.0 Å². The quantitative estimate of drug-likeness (QED) is 0.817. The van der Waals surface area contributed by atoms with Gasteiger partial charge in [-0.1, -0.05) is 26.7 Å². The third-order valence-corrected chi connectivity index (χ3v) is 4.19. The summed E-state index contributed by atoms with van der Waals surface area (Å²) in [6.07, 6.45) is 8.56. The van der Waals surface area contributed by atoms with E-state index in [-0.39, 0.29) is 0 Å². The van der Waals surface area contributed by atoms with Crippen LogP contribution in [-0.4, -0.2) is 29.5 Å². The highest BCUT2D eigenvalue weighted by Gasteiger charge is 2.18. The highest BCUT2D eigenvalue weighted by atomic mass is 15.1. The van der Waals surface area contributed by atoms with E-state index in [0.29, 0.717) is 0 Å². The summed E-state index contributed by atoms with van der Waals surface area (Å²) < 4.78 is 0. The van der Waals surface area contributed by atoms with E-state index in [1.54, 1.807) is 0 Å². The van der Waals surface area contributed by atoms with Crippen molar-refractivity contribution < 1.29 is 0 Å². The molecule has 1 aliphatic heterocycles. The first-order valence-corrected chi connectivity index (χ1v) is 8.23. The number of nitrogens with one attached hydrogen (secondary N) is 1. The highest BCUT2D eigenvalue weighted by molar-refractivity contribution is 5.37. The van der Waals surface area contributed by atoms with Gasteiger partial charge >= 0.3 is 0 Å². The van der Waals surface area contributed by atoms with Gasteiger partial charge in [-0.2, -0.15) is 0 Å². The summed E-state index contributed by atoms with van der Waals surface area (Å²) in [6.45, 7) is 9.06. The summed E-state index contributed by atoms with van der Waals surface area (Å²) in [5, 5.41) is 3.37. The lowest BCUT2D eigenvalue weighted by atomic mass is 9.92. The molecule has 3 nitrogen and oxygen atoms in total. The van der Waals surface area contributed by atoms with Gasteiger partial charge in [0.1, 0.15) is 5.82 Å². The molecular weight excluding hydrogens is 246 g/mol. The van der Waals surface area contributed by atoms with Crippen molar-refractivity contribution in [1.82, 2.24) is 9.88 Å². The SMILES string of the molecule is CCCNc1cc(CN2CCC(CCC)CC2)ccn1. The van der Waals surface area contributed by atoms with Crippen LogP contribution in [0.15, 0.2) is 18.3 Å². The molecule has 0 amide bonds. The van der Waals surface area contributed by atoms with Gasteiger partial charge in [0.2, 0.25) is 0 Å². The number of piperidine rings is 1. The standard InChI is InChI=1S/C17H29N3/c1-3-5-15-7-11-20(12-8-15)14-16-6-10-19-17(13-16)18-9-4-2/h6,10,13,15H,3-5,7-9,11-12,14H2,1-2H3,(H,18,19). The Hall–Kier alpha value is -1.09. The van der Waals surface area contributed by atoms with E-state index in [1.807, 2.05) is 6.20 Å². The van der Waals surface area contributed by atoms with Crippen LogP contribution in [0, 0.1) is 5.92 Å². The summed E-state index contributed by atoms with van der Waals surface area (Å²) in [7, 11) is 0. The largest absolute Gasteiger partial charge is 0.370 e. The lowest BCUT2D eigenvalue weighted by Gasteiger charge is -2.31. The summed E-state index contributed by atoms with van der Waals surface area (Å²) in [4.78, 5) is 6.97. The number of hydrogen-bond donors (Lipinski definition) is 1. The molecule has 20 heavy (non-hydrogen) atoms. The van der Waals surface area contributed by atoms with Crippen LogP contribution in [-0.2, 0) is 6.54 Å². The Bertz CT molecular complexity index is 384. The molecule has 0 aromatic carbocycles. The molecule has 0 saturated carbocycles. The van der Waals surface area contributed by atoms with Crippen LogP contribution >= 0.6 is 0 Å². The van der Waals surface area contributed by atoms with Gasteiger partial charge in [0.05, 0.1) is 0 Å². The summed E-state index contributed by atoms with van der Waals surface area (Å²) >= 11 is 0. The van der Waals surface area contributed by atoms with E-state index in [2.05, 4.69) is 41.2 Å². The van der Waals surface area contributed by atoms with Gasteiger partial charge in [0.25, 0.3) is 0 Å². The number of rotatable bonds is 7. The van der Waals surface area contributed by atoms with Gasteiger partial charge in [0.15, 0.2) is 0 Å². The van der Waals surface area contributed by atoms with Crippen molar-refractivity contribution in [1.29, 1.82) is 0 Å². The monoisotopic (exact) mass is 275 g/mol. The predicted octanol–water partition coefficient (Wildman–Crippen LogP) is 3.92. The van der Waals surface area contributed by atoms with E-state index >= 15 is 0 Å². The van der Waals surface area contributed by atoms with Crippen LogP contribution in [0.2, 0.25) is 0 Å². The molecular formula is C17H29N3. The normalized spacial score (nSPS) is 17.3. The molecule has 0 atom stereocenters. The Morgan fingerprint density at radius 3 is 2.75 bits per heavy atom. The molecule has 0 bridgehead atoms. The molecule has 0 radical (unpaired) electrons. The fraction of sp³-hybridized carbons (Fsp3) is 0.706. The number of aromatic nitrogens is 1. The van der Waals surface area contributed by atoms with Crippen molar-refractivity contribution in [3.05, 3.63) is 23.9 Å². The first-order chi connectivity index (χ1) is 9.81. The summed E-state index contributed by atoms with van der Waals surface area (Å²) in [6, 6.07) is 4.35. The van der Waals surface area contributed by atoms with Crippen molar-refractivity contribution >= 4 is 5.82 Å². The zero-order valence-corrected chi connectivity index (χ0v) is 13.1. The minimum atomic E-state index is 0.968. The van der Waals surface area contributed by atoms with Crippen LogP contribution in [0.25, 0.3) is 0 Å². The van der Waals surface area contributed by atoms with Crippen LogP contribution in [0.5, 0.6) is 0 Å². The lowest BCUT2D eigenvalue weighted by molar-refractivity contribution is 0.172. The Balaban J connectivity index is 1.81. The van der Waals surface area contributed by atoms with Crippen molar-refractivity contribution in [2.75, 3.05) is 25.0 Å². The minimum absolute atomic E-state index is 0.968. The molecule has 112 valence electrons. The highest BCUT2D eigenvalue weighted by Crippen LogP contribution is 2.23. The van der Waals surface area contributed by atoms with Crippen molar-refractivity contribution in [3.8, 4) is 0 Å². The smallest absolute Gasteiger partial charge is 0.126 e. The molecule has 1 fully saturated rings. The fourth-order valence-electron chi connectivity index (χ4n) is 3.02. The second-order valence-corrected chi connectivity index (χ2v) is 5.98. The van der Waals surface area contributed by atoms with Gasteiger partial charge in [-0.25, -0.2) is 4.98 Å². The molecule has 1 aromatic rings. The van der Waals surface area contributed by atoms with E-state index < -0.39 is 0 Å². The predicted molar refractivity (Wildman–Crippen MR) is 85.9 cm³/mol. The first-order valence-electron chi connectivity index (χ1n) is 8.23. The van der Waals surface area contributed by atoms with Crippen molar-refractivity contribution in [3.63, 3.8) is 0 Å². The maximum Gasteiger partial charge on any atom is 0.126 e. The van der Waals surface area contributed by atoms with Gasteiger partial charge < -0.3 is 5.32 Å². The maximum absolute atomic E-state index is 4.38. The first kappa shape index (κ1) is 15.3. The molecule has 0 unspecified atom stereocenters. The zero-order chi connectivity index (χ0) is 14.2. The summed E-state index contributed by atoms with van der Waals surface area (Å²) in [5.74, 6) is 1.99. The molecule has 2 heterocycles. The fourth-order valence-corrected chi connectivity index (χ4v) is 3.02. The van der Waals surface area contributed by atoms with E-state index in [4.69, 9.17) is 0 Å². The number of pyridine rings is 1. The van der Waals surface area contributed by atoms with E-state index in [0.717, 1.165) is 31.2 Å². The minimum Gasteiger partial charge on any atom is -0.370 e. The Kier molecular flexibility index (Phi) is 6.31. The van der Waals surface area contributed by atoms with Crippen molar-refractivity contribution in [2.24, 2.45) is 5.92 Å². The molecule has 1 saturated heterocycles. The van der Waals surface area contributed by atoms with Gasteiger partial charge in [-0.15, -0.1) is 0 Å². The molecule has 1 aromatic heterocycles. The summed E-state index contributed by atoms with van der Waals surface area (Å²) in [5.41, 5.74) is 1.38. The molecule has 1 aliphatic rings. The average Bonchev–Trinajstić information content (AvgIpc) is 2.48. The molecule has 0 spiro atoms.